The monoisotopic (exact) mass is 254 g/mol. The zero-order valence-corrected chi connectivity index (χ0v) is 11.7. The van der Waals surface area contributed by atoms with Gasteiger partial charge in [-0.05, 0) is 30.9 Å². The van der Waals surface area contributed by atoms with Crippen molar-refractivity contribution in [3.8, 4) is 0 Å². The van der Waals surface area contributed by atoms with E-state index in [1.165, 1.54) is 11.1 Å². The summed E-state index contributed by atoms with van der Waals surface area (Å²) in [6, 6.07) is 20.7. The molecule has 0 heterocycles. The molecule has 2 aromatic carbocycles. The van der Waals surface area contributed by atoms with Crippen molar-refractivity contribution in [3.05, 3.63) is 71.8 Å². The van der Waals surface area contributed by atoms with Crippen LogP contribution in [-0.4, -0.2) is 10.7 Å². The summed E-state index contributed by atoms with van der Waals surface area (Å²) in [5, 5.41) is 10.7. The average Bonchev–Trinajstić information content (AvgIpc) is 2.46. The van der Waals surface area contributed by atoms with Gasteiger partial charge in [0, 0.05) is 5.92 Å². The molecular formula is C18H22O. The van der Waals surface area contributed by atoms with Crippen LogP contribution in [0.1, 0.15) is 37.3 Å². The number of benzene rings is 2. The molecule has 2 unspecified atom stereocenters. The van der Waals surface area contributed by atoms with Gasteiger partial charge in [-0.2, -0.15) is 0 Å². The van der Waals surface area contributed by atoms with Gasteiger partial charge in [0.15, 0.2) is 0 Å². The fourth-order valence-corrected chi connectivity index (χ4v) is 2.48. The van der Waals surface area contributed by atoms with Gasteiger partial charge in [-0.15, -0.1) is 0 Å². The predicted octanol–water partition coefficient (Wildman–Crippen LogP) is 4.17. The van der Waals surface area contributed by atoms with Crippen LogP contribution in [-0.2, 0) is 6.42 Å². The minimum absolute atomic E-state index is 0.126. The van der Waals surface area contributed by atoms with Crippen LogP contribution >= 0.6 is 0 Å². The first-order valence-electron chi connectivity index (χ1n) is 6.94. The molecule has 2 rings (SSSR count). The second-order valence-electron chi connectivity index (χ2n) is 5.36. The van der Waals surface area contributed by atoms with E-state index in [9.17, 15) is 5.11 Å². The molecule has 0 saturated carbocycles. The summed E-state index contributed by atoms with van der Waals surface area (Å²) in [5.74, 6) is 0.126. The number of hydrogen-bond donors (Lipinski definition) is 1. The van der Waals surface area contributed by atoms with Crippen LogP contribution in [0.2, 0.25) is 0 Å². The summed E-state index contributed by atoms with van der Waals surface area (Å²) in [7, 11) is 0. The van der Waals surface area contributed by atoms with E-state index in [2.05, 4.69) is 36.4 Å². The van der Waals surface area contributed by atoms with E-state index in [4.69, 9.17) is 0 Å². The largest absolute Gasteiger partial charge is 0.390 e. The molecule has 0 fully saturated rings. The predicted molar refractivity (Wildman–Crippen MR) is 80.2 cm³/mol. The Kier molecular flexibility index (Phi) is 4.39. The second-order valence-corrected chi connectivity index (χ2v) is 5.36. The van der Waals surface area contributed by atoms with Crippen LogP contribution in [0, 0.1) is 0 Å². The van der Waals surface area contributed by atoms with E-state index in [0.717, 1.165) is 12.8 Å². The van der Waals surface area contributed by atoms with Crippen molar-refractivity contribution in [3.63, 3.8) is 0 Å². The van der Waals surface area contributed by atoms with Crippen LogP contribution in [0.3, 0.4) is 0 Å². The first kappa shape index (κ1) is 13.8. The fourth-order valence-electron chi connectivity index (χ4n) is 2.48. The average molecular weight is 254 g/mol. The summed E-state index contributed by atoms with van der Waals surface area (Å²) >= 11 is 0. The second kappa shape index (κ2) is 6.03. The Morgan fingerprint density at radius 2 is 1.47 bits per heavy atom. The number of rotatable bonds is 5. The first-order chi connectivity index (χ1) is 9.13. The van der Waals surface area contributed by atoms with E-state index >= 15 is 0 Å². The molecule has 1 nitrogen and oxygen atoms in total. The molecule has 100 valence electrons. The molecule has 1 heteroatoms. The SMILES string of the molecule is CCC(C)(O)C(Cc1ccccc1)c1ccccc1. The highest BCUT2D eigenvalue weighted by Crippen LogP contribution is 2.33. The van der Waals surface area contributed by atoms with Gasteiger partial charge in [0.05, 0.1) is 5.60 Å². The fraction of sp³-hybridized carbons (Fsp3) is 0.333. The van der Waals surface area contributed by atoms with E-state index in [1.807, 2.05) is 38.1 Å². The van der Waals surface area contributed by atoms with Crippen LogP contribution in [0.4, 0.5) is 0 Å². The summed E-state index contributed by atoms with van der Waals surface area (Å²) in [4.78, 5) is 0. The standard InChI is InChI=1S/C18H22O/c1-3-18(2,19)17(16-12-8-5-9-13-16)14-15-10-6-4-7-11-15/h4-13,17,19H,3,14H2,1-2H3. The van der Waals surface area contributed by atoms with Crippen LogP contribution < -0.4 is 0 Å². The van der Waals surface area contributed by atoms with Gasteiger partial charge in [-0.3, -0.25) is 0 Å². The molecule has 0 bridgehead atoms. The Morgan fingerprint density at radius 3 is 2.00 bits per heavy atom. The zero-order chi connectivity index (χ0) is 13.7. The Hall–Kier alpha value is -1.60. The lowest BCUT2D eigenvalue weighted by atomic mass is 9.78. The van der Waals surface area contributed by atoms with Crippen molar-refractivity contribution < 1.29 is 5.11 Å². The lowest BCUT2D eigenvalue weighted by Crippen LogP contribution is -2.33. The van der Waals surface area contributed by atoms with Crippen molar-refractivity contribution in [1.82, 2.24) is 0 Å². The van der Waals surface area contributed by atoms with Crippen molar-refractivity contribution in [2.24, 2.45) is 0 Å². The summed E-state index contributed by atoms with van der Waals surface area (Å²) in [6.07, 6.45) is 1.62. The molecule has 1 N–H and O–H groups in total. The van der Waals surface area contributed by atoms with Crippen LogP contribution in [0.25, 0.3) is 0 Å². The molecule has 0 radical (unpaired) electrons. The minimum Gasteiger partial charge on any atom is -0.390 e. The third kappa shape index (κ3) is 3.45. The van der Waals surface area contributed by atoms with E-state index in [-0.39, 0.29) is 5.92 Å². The summed E-state index contributed by atoms with van der Waals surface area (Å²) in [6.45, 7) is 3.98. The van der Waals surface area contributed by atoms with Gasteiger partial charge >= 0.3 is 0 Å². The minimum atomic E-state index is -0.683. The van der Waals surface area contributed by atoms with E-state index in [0.29, 0.717) is 0 Å². The third-order valence-electron chi connectivity index (χ3n) is 3.95. The van der Waals surface area contributed by atoms with Crippen molar-refractivity contribution in [2.45, 2.75) is 38.2 Å². The molecule has 0 amide bonds. The van der Waals surface area contributed by atoms with Crippen molar-refractivity contribution in [2.75, 3.05) is 0 Å². The number of hydrogen-bond acceptors (Lipinski definition) is 1. The Labute approximate surface area is 115 Å². The Balaban J connectivity index is 2.31. The van der Waals surface area contributed by atoms with Crippen molar-refractivity contribution in [1.29, 1.82) is 0 Å². The molecule has 0 aromatic heterocycles. The maximum Gasteiger partial charge on any atom is 0.0688 e. The third-order valence-corrected chi connectivity index (χ3v) is 3.95. The van der Waals surface area contributed by atoms with Gasteiger partial charge in [0.2, 0.25) is 0 Å². The van der Waals surface area contributed by atoms with Gasteiger partial charge in [-0.1, -0.05) is 67.6 Å². The maximum absolute atomic E-state index is 10.7. The highest BCUT2D eigenvalue weighted by Gasteiger charge is 2.31. The summed E-state index contributed by atoms with van der Waals surface area (Å²) < 4.78 is 0. The first-order valence-corrected chi connectivity index (χ1v) is 6.94. The molecule has 0 aliphatic heterocycles. The molecule has 19 heavy (non-hydrogen) atoms. The van der Waals surface area contributed by atoms with E-state index in [1.54, 1.807) is 0 Å². The van der Waals surface area contributed by atoms with Crippen LogP contribution in [0.15, 0.2) is 60.7 Å². The Bertz CT molecular complexity index is 488. The Morgan fingerprint density at radius 1 is 0.947 bits per heavy atom. The molecule has 2 atom stereocenters. The maximum atomic E-state index is 10.7. The lowest BCUT2D eigenvalue weighted by Gasteiger charge is -2.32. The number of aliphatic hydroxyl groups is 1. The molecule has 2 aromatic rings. The van der Waals surface area contributed by atoms with Gasteiger partial charge in [0.25, 0.3) is 0 Å². The zero-order valence-electron chi connectivity index (χ0n) is 11.7. The van der Waals surface area contributed by atoms with Gasteiger partial charge in [0.1, 0.15) is 0 Å². The quantitative estimate of drug-likeness (QED) is 0.849. The highest BCUT2D eigenvalue weighted by atomic mass is 16.3. The molecule has 0 saturated heterocycles. The molecular weight excluding hydrogens is 232 g/mol. The summed E-state index contributed by atoms with van der Waals surface area (Å²) in [5.41, 5.74) is 1.79. The molecule has 0 aliphatic rings. The smallest absolute Gasteiger partial charge is 0.0688 e. The van der Waals surface area contributed by atoms with Gasteiger partial charge in [-0.25, -0.2) is 0 Å². The van der Waals surface area contributed by atoms with Crippen molar-refractivity contribution >= 4 is 0 Å². The molecule has 0 aliphatic carbocycles. The van der Waals surface area contributed by atoms with Gasteiger partial charge < -0.3 is 5.11 Å². The topological polar surface area (TPSA) is 20.2 Å². The highest BCUT2D eigenvalue weighted by molar-refractivity contribution is 5.27. The van der Waals surface area contributed by atoms with Crippen LogP contribution in [0.5, 0.6) is 0 Å². The lowest BCUT2D eigenvalue weighted by molar-refractivity contribution is 0.0264. The normalized spacial score (nSPS) is 15.7. The van der Waals surface area contributed by atoms with E-state index < -0.39 is 5.60 Å². The molecule has 0 spiro atoms.